The second kappa shape index (κ2) is 10.7. The third kappa shape index (κ3) is 6.14. The van der Waals surface area contributed by atoms with Gasteiger partial charge in [0.2, 0.25) is 0 Å². The zero-order valence-electron chi connectivity index (χ0n) is 18.2. The highest BCUT2D eigenvalue weighted by atomic mass is 32.1. The zero-order valence-corrected chi connectivity index (χ0v) is 19.0. The van der Waals surface area contributed by atoms with Gasteiger partial charge in [-0.05, 0) is 71.3 Å². The lowest BCUT2D eigenvalue weighted by Gasteiger charge is -2.10. The molecule has 0 aliphatic rings. The van der Waals surface area contributed by atoms with Gasteiger partial charge in [0.25, 0.3) is 5.91 Å². The molecule has 2 aromatic heterocycles. The van der Waals surface area contributed by atoms with Gasteiger partial charge >= 0.3 is 0 Å². The Bertz CT molecular complexity index is 1220. The number of rotatable bonds is 9. The Balaban J connectivity index is 1.31. The van der Waals surface area contributed by atoms with E-state index in [0.29, 0.717) is 42.6 Å². The Labute approximate surface area is 197 Å². The summed E-state index contributed by atoms with van der Waals surface area (Å²) in [6.07, 6.45) is 5.89. The minimum absolute atomic E-state index is 0.218. The van der Waals surface area contributed by atoms with E-state index in [2.05, 4.69) is 10.3 Å². The Morgan fingerprint density at radius 1 is 0.909 bits per heavy atom. The number of hydrogen-bond acceptors (Lipinski definition) is 5. The van der Waals surface area contributed by atoms with E-state index in [0.717, 1.165) is 21.6 Å². The van der Waals surface area contributed by atoms with Crippen LogP contribution in [0.25, 0.3) is 10.4 Å². The molecule has 33 heavy (non-hydrogen) atoms. The number of hydrogen-bond donors (Lipinski definition) is 2. The number of benzene rings is 2. The number of amides is 1. The van der Waals surface area contributed by atoms with Crippen molar-refractivity contribution in [1.29, 1.82) is 0 Å². The number of aromatic nitrogens is 1. The van der Waals surface area contributed by atoms with Crippen LogP contribution < -0.4 is 11.1 Å². The van der Waals surface area contributed by atoms with Gasteiger partial charge in [0.1, 0.15) is 5.78 Å². The molecule has 0 saturated carbocycles. The number of nitrogens with two attached hydrogens (primary N) is 1. The minimum Gasteiger partial charge on any atom is -0.397 e. The summed E-state index contributed by atoms with van der Waals surface area (Å²) < 4.78 is 0. The Morgan fingerprint density at radius 3 is 2.39 bits per heavy atom. The van der Waals surface area contributed by atoms with Gasteiger partial charge < -0.3 is 11.1 Å². The summed E-state index contributed by atoms with van der Waals surface area (Å²) in [6.45, 7) is 0. The predicted octanol–water partition coefficient (Wildman–Crippen LogP) is 5.78. The molecule has 4 rings (SSSR count). The van der Waals surface area contributed by atoms with Gasteiger partial charge in [-0.1, -0.05) is 30.3 Å². The number of nitrogen functional groups attached to an aromatic ring is 1. The number of thiophene rings is 1. The molecule has 6 heteroatoms. The van der Waals surface area contributed by atoms with Gasteiger partial charge in [-0.2, -0.15) is 0 Å². The molecular weight excluding hydrogens is 430 g/mol. The highest BCUT2D eigenvalue weighted by Gasteiger charge is 2.11. The molecule has 5 nitrogen and oxygen atoms in total. The number of aryl methyl sites for hydroxylation is 2. The van der Waals surface area contributed by atoms with Gasteiger partial charge in [-0.25, -0.2) is 0 Å². The molecule has 0 unspecified atom stereocenters. The van der Waals surface area contributed by atoms with Crippen molar-refractivity contribution in [3.8, 4) is 10.4 Å². The molecule has 0 saturated heterocycles. The maximum absolute atomic E-state index is 12.7. The van der Waals surface area contributed by atoms with Crippen molar-refractivity contribution in [2.45, 2.75) is 25.7 Å². The smallest absolute Gasteiger partial charge is 0.255 e. The molecular formula is C27H25N3O2S. The lowest BCUT2D eigenvalue weighted by Crippen LogP contribution is -2.13. The average Bonchev–Trinajstić information content (AvgIpc) is 3.39. The summed E-state index contributed by atoms with van der Waals surface area (Å²) in [5, 5.41) is 4.93. The molecule has 0 atom stereocenters. The van der Waals surface area contributed by atoms with Gasteiger partial charge in [-0.15, -0.1) is 11.3 Å². The monoisotopic (exact) mass is 455 g/mol. The van der Waals surface area contributed by atoms with E-state index in [1.165, 1.54) is 0 Å². The second-order valence-electron chi connectivity index (χ2n) is 7.83. The van der Waals surface area contributed by atoms with Gasteiger partial charge in [0, 0.05) is 35.7 Å². The zero-order chi connectivity index (χ0) is 23.0. The molecule has 0 aliphatic heterocycles. The Hall–Kier alpha value is -3.77. The van der Waals surface area contributed by atoms with Gasteiger partial charge in [0.15, 0.2) is 0 Å². The summed E-state index contributed by atoms with van der Waals surface area (Å²) in [5.41, 5.74) is 10.8. The van der Waals surface area contributed by atoms with Crippen molar-refractivity contribution >= 4 is 34.4 Å². The first-order valence-electron chi connectivity index (χ1n) is 10.8. The minimum atomic E-state index is -0.218. The summed E-state index contributed by atoms with van der Waals surface area (Å²) >= 11 is 1.64. The maximum Gasteiger partial charge on any atom is 0.255 e. The third-order valence-electron chi connectivity index (χ3n) is 5.43. The van der Waals surface area contributed by atoms with E-state index in [-0.39, 0.29) is 11.7 Å². The predicted molar refractivity (Wildman–Crippen MR) is 134 cm³/mol. The fraction of sp³-hybridized carbons (Fsp3) is 0.148. The van der Waals surface area contributed by atoms with Crippen LogP contribution in [0.2, 0.25) is 0 Å². The SMILES string of the molecule is Nc1ccc(-c2cccs2)cc1NC(=O)c1ccc(CCC(=O)CCc2cccnc2)cc1. The van der Waals surface area contributed by atoms with Crippen molar-refractivity contribution in [3.63, 3.8) is 0 Å². The average molecular weight is 456 g/mol. The van der Waals surface area contributed by atoms with Crippen molar-refractivity contribution in [3.05, 3.63) is 101 Å². The van der Waals surface area contributed by atoms with E-state index >= 15 is 0 Å². The first kappa shape index (κ1) is 22.4. The number of nitrogens with one attached hydrogen (secondary N) is 1. The van der Waals surface area contributed by atoms with E-state index < -0.39 is 0 Å². The highest BCUT2D eigenvalue weighted by Crippen LogP contribution is 2.30. The van der Waals surface area contributed by atoms with Crippen molar-refractivity contribution in [2.75, 3.05) is 11.1 Å². The summed E-state index contributed by atoms with van der Waals surface area (Å²) in [4.78, 5) is 30.1. The lowest BCUT2D eigenvalue weighted by molar-refractivity contribution is -0.119. The van der Waals surface area contributed by atoms with E-state index in [4.69, 9.17) is 5.73 Å². The van der Waals surface area contributed by atoms with Gasteiger partial charge in [-0.3, -0.25) is 14.6 Å². The van der Waals surface area contributed by atoms with Crippen molar-refractivity contribution in [1.82, 2.24) is 4.98 Å². The van der Waals surface area contributed by atoms with Crippen molar-refractivity contribution in [2.24, 2.45) is 0 Å². The Morgan fingerprint density at radius 2 is 1.70 bits per heavy atom. The molecule has 2 heterocycles. The third-order valence-corrected chi connectivity index (χ3v) is 6.35. The number of ketones is 1. The molecule has 1 amide bonds. The summed E-state index contributed by atoms with van der Waals surface area (Å²) in [5.74, 6) is 0.00546. The highest BCUT2D eigenvalue weighted by molar-refractivity contribution is 7.13. The molecule has 0 bridgehead atoms. The lowest BCUT2D eigenvalue weighted by atomic mass is 10.0. The number of pyridine rings is 1. The van der Waals surface area contributed by atoms with E-state index in [9.17, 15) is 9.59 Å². The van der Waals surface area contributed by atoms with Crippen LogP contribution in [0.1, 0.15) is 34.3 Å². The van der Waals surface area contributed by atoms with E-state index in [1.807, 2.05) is 53.9 Å². The normalized spacial score (nSPS) is 10.7. The van der Waals surface area contributed by atoms with Crippen LogP contribution in [0.3, 0.4) is 0 Å². The molecule has 2 aromatic carbocycles. The largest absolute Gasteiger partial charge is 0.397 e. The van der Waals surface area contributed by atoms with Crippen LogP contribution in [-0.2, 0) is 17.6 Å². The number of anilines is 2. The number of Topliss-reactive ketones (excluding diaryl/α,β-unsaturated/α-hetero) is 1. The van der Waals surface area contributed by atoms with Crippen LogP contribution in [0, 0.1) is 0 Å². The standard InChI is InChI=1S/C27H25N3O2S/c28-24-14-11-22(26-4-2-16-33-26)17-25(24)30-27(32)21-9-5-19(6-10-21)7-12-23(31)13-8-20-3-1-15-29-18-20/h1-6,9-11,14-18H,7-8,12-13,28H2,(H,30,32). The first-order chi connectivity index (χ1) is 16.1. The van der Waals surface area contributed by atoms with Crippen LogP contribution >= 0.6 is 11.3 Å². The van der Waals surface area contributed by atoms with Crippen molar-refractivity contribution < 1.29 is 9.59 Å². The summed E-state index contributed by atoms with van der Waals surface area (Å²) in [6, 6.07) is 20.9. The van der Waals surface area contributed by atoms with Crippen LogP contribution in [0.5, 0.6) is 0 Å². The fourth-order valence-electron chi connectivity index (χ4n) is 3.52. The topological polar surface area (TPSA) is 85.1 Å². The fourth-order valence-corrected chi connectivity index (χ4v) is 4.24. The molecule has 0 radical (unpaired) electrons. The molecule has 4 aromatic rings. The van der Waals surface area contributed by atoms with Crippen LogP contribution in [0.4, 0.5) is 11.4 Å². The Kier molecular flexibility index (Phi) is 7.27. The molecule has 0 spiro atoms. The molecule has 0 aliphatic carbocycles. The first-order valence-corrected chi connectivity index (χ1v) is 11.7. The number of nitrogens with zero attached hydrogens (tertiary/aromatic N) is 1. The maximum atomic E-state index is 12.7. The van der Waals surface area contributed by atoms with E-state index in [1.54, 1.807) is 41.9 Å². The van der Waals surface area contributed by atoms with Crippen LogP contribution in [0.15, 0.2) is 84.5 Å². The van der Waals surface area contributed by atoms with Crippen LogP contribution in [-0.4, -0.2) is 16.7 Å². The second-order valence-corrected chi connectivity index (χ2v) is 8.78. The quantitative estimate of drug-likeness (QED) is 0.313. The molecule has 3 N–H and O–H groups in total. The number of carbonyl (C=O) groups excluding carboxylic acids is 2. The molecule has 166 valence electrons. The molecule has 0 fully saturated rings. The summed E-state index contributed by atoms with van der Waals surface area (Å²) in [7, 11) is 0. The number of carbonyl (C=O) groups is 2. The van der Waals surface area contributed by atoms with Gasteiger partial charge in [0.05, 0.1) is 11.4 Å².